The van der Waals surface area contributed by atoms with E-state index >= 15 is 0 Å². The summed E-state index contributed by atoms with van der Waals surface area (Å²) < 4.78 is 30.6. The maximum atomic E-state index is 14.2. The number of halogens is 2. The van der Waals surface area contributed by atoms with E-state index in [4.69, 9.17) is 0 Å². The first-order valence-corrected chi connectivity index (χ1v) is 6.55. The van der Waals surface area contributed by atoms with Gasteiger partial charge in [0.2, 0.25) is 0 Å². The Balaban J connectivity index is 4.94. The van der Waals surface area contributed by atoms with Crippen LogP contribution >= 0.6 is 11.2 Å². The SMILES string of the molecule is C=CCN(CC=C)S(F)(F)N(CC=C)CC=C. The summed E-state index contributed by atoms with van der Waals surface area (Å²) in [5.74, 6) is 0. The topological polar surface area (TPSA) is 6.48 Å². The van der Waals surface area contributed by atoms with Gasteiger partial charge in [-0.2, -0.15) is 8.61 Å². The van der Waals surface area contributed by atoms with E-state index in [1.165, 1.54) is 24.3 Å². The first kappa shape index (κ1) is 16.1. The molecule has 0 fully saturated rings. The van der Waals surface area contributed by atoms with Crippen molar-refractivity contribution in [2.24, 2.45) is 0 Å². The Bertz CT molecular complexity index is 234. The van der Waals surface area contributed by atoms with Gasteiger partial charge in [0.05, 0.1) is 0 Å². The molecule has 0 heterocycles. The van der Waals surface area contributed by atoms with Gasteiger partial charge in [-0.1, -0.05) is 24.3 Å². The predicted molar refractivity (Wildman–Crippen MR) is 73.7 cm³/mol. The van der Waals surface area contributed by atoms with Crippen LogP contribution < -0.4 is 0 Å². The lowest BCUT2D eigenvalue weighted by molar-refractivity contribution is 0.396. The lowest BCUT2D eigenvalue weighted by Crippen LogP contribution is -2.36. The fourth-order valence-electron chi connectivity index (χ4n) is 1.25. The molecule has 0 bridgehead atoms. The molecule has 0 unspecified atom stereocenters. The molecule has 0 rings (SSSR count). The van der Waals surface area contributed by atoms with Gasteiger partial charge in [-0.3, -0.25) is 0 Å². The van der Waals surface area contributed by atoms with Crippen LogP contribution in [0.3, 0.4) is 0 Å². The quantitative estimate of drug-likeness (QED) is 0.553. The molecule has 0 atom stereocenters. The van der Waals surface area contributed by atoms with Crippen molar-refractivity contribution in [1.82, 2.24) is 8.61 Å². The summed E-state index contributed by atoms with van der Waals surface area (Å²) in [6.07, 6.45) is 5.85. The molecule has 0 aromatic heterocycles. The third-order valence-electron chi connectivity index (χ3n) is 1.95. The number of nitrogens with zero attached hydrogens (tertiary/aromatic N) is 2. The van der Waals surface area contributed by atoms with Crippen molar-refractivity contribution in [2.45, 2.75) is 0 Å². The van der Waals surface area contributed by atoms with Crippen LogP contribution in [0.4, 0.5) is 7.77 Å². The third-order valence-corrected chi connectivity index (χ3v) is 3.79. The Morgan fingerprint density at radius 3 is 1.12 bits per heavy atom. The predicted octanol–water partition coefficient (Wildman–Crippen LogP) is 3.74. The molecule has 0 aliphatic carbocycles. The van der Waals surface area contributed by atoms with Crippen LogP contribution in [-0.2, 0) is 0 Å². The van der Waals surface area contributed by atoms with E-state index < -0.39 is 11.2 Å². The fraction of sp³-hybridized carbons (Fsp3) is 0.333. The minimum absolute atomic E-state index is 0.124. The lowest BCUT2D eigenvalue weighted by Gasteiger charge is -2.40. The smallest absolute Gasteiger partial charge is 0.186 e. The van der Waals surface area contributed by atoms with E-state index in [2.05, 4.69) is 26.3 Å². The Hall–Kier alpha value is -0.910. The maximum Gasteiger partial charge on any atom is 0.186 e. The fourth-order valence-corrected chi connectivity index (χ4v) is 2.71. The molecule has 17 heavy (non-hydrogen) atoms. The highest BCUT2D eigenvalue weighted by molar-refractivity contribution is 8.21. The van der Waals surface area contributed by atoms with Gasteiger partial charge in [0.1, 0.15) is 0 Å². The highest BCUT2D eigenvalue weighted by atomic mass is 32.3. The van der Waals surface area contributed by atoms with Crippen LogP contribution in [0.5, 0.6) is 0 Å². The van der Waals surface area contributed by atoms with Gasteiger partial charge >= 0.3 is 0 Å². The van der Waals surface area contributed by atoms with Gasteiger partial charge in [0.25, 0.3) is 0 Å². The Morgan fingerprint density at radius 1 is 0.706 bits per heavy atom. The molecular weight excluding hydrogens is 242 g/mol. The summed E-state index contributed by atoms with van der Waals surface area (Å²) in [5.41, 5.74) is 0. The van der Waals surface area contributed by atoms with Crippen molar-refractivity contribution in [3.05, 3.63) is 50.6 Å². The van der Waals surface area contributed by atoms with E-state index in [1.54, 1.807) is 0 Å². The molecule has 0 saturated heterocycles. The van der Waals surface area contributed by atoms with Gasteiger partial charge in [-0.15, -0.1) is 34.1 Å². The molecular formula is C12H20F2N2S. The summed E-state index contributed by atoms with van der Waals surface area (Å²) in [5, 5.41) is 0. The Kier molecular flexibility index (Phi) is 7.78. The van der Waals surface area contributed by atoms with Gasteiger partial charge in [-0.05, 0) is 0 Å². The van der Waals surface area contributed by atoms with Crippen LogP contribution in [0.2, 0.25) is 0 Å². The second kappa shape index (κ2) is 8.22. The monoisotopic (exact) mass is 262 g/mol. The standard InChI is InChI=1S/C12H20F2N2S/c1-5-9-15(10-6-2)17(13,14)16(11-7-3)12-8-4/h5-8H,1-4,9-12H2. The average Bonchev–Trinajstić information content (AvgIpc) is 2.28. The van der Waals surface area contributed by atoms with Crippen LogP contribution in [0.25, 0.3) is 0 Å². The molecule has 2 nitrogen and oxygen atoms in total. The molecule has 98 valence electrons. The molecule has 0 aliphatic rings. The summed E-state index contributed by atoms with van der Waals surface area (Å²) in [6.45, 7) is 14.5. The van der Waals surface area contributed by atoms with E-state index in [1.807, 2.05) is 0 Å². The summed E-state index contributed by atoms with van der Waals surface area (Å²) in [6, 6.07) is 0. The minimum atomic E-state index is -4.03. The molecule has 0 radical (unpaired) electrons. The van der Waals surface area contributed by atoms with Gasteiger partial charge in [0, 0.05) is 26.2 Å². The number of hydrogen-bond acceptors (Lipinski definition) is 2. The third kappa shape index (κ3) is 4.85. The van der Waals surface area contributed by atoms with Crippen LogP contribution in [0.1, 0.15) is 0 Å². The maximum absolute atomic E-state index is 14.2. The average molecular weight is 262 g/mol. The van der Waals surface area contributed by atoms with Crippen molar-refractivity contribution in [3.8, 4) is 0 Å². The molecule has 5 heteroatoms. The largest absolute Gasteiger partial charge is 0.199 e. The van der Waals surface area contributed by atoms with Gasteiger partial charge in [0.15, 0.2) is 11.2 Å². The second-order valence-corrected chi connectivity index (χ2v) is 5.13. The molecule has 0 saturated carbocycles. The molecule has 0 spiro atoms. The Morgan fingerprint density at radius 2 is 0.941 bits per heavy atom. The zero-order valence-corrected chi connectivity index (χ0v) is 10.8. The molecule has 0 aromatic carbocycles. The highest BCUT2D eigenvalue weighted by Gasteiger charge is 2.36. The highest BCUT2D eigenvalue weighted by Crippen LogP contribution is 2.57. The zero-order valence-electron chi connectivity index (χ0n) is 10.0. The lowest BCUT2D eigenvalue weighted by atomic mass is 10.5. The van der Waals surface area contributed by atoms with E-state index in [9.17, 15) is 7.77 Å². The van der Waals surface area contributed by atoms with Gasteiger partial charge in [-0.25, -0.2) is 0 Å². The van der Waals surface area contributed by atoms with Crippen molar-refractivity contribution in [3.63, 3.8) is 0 Å². The number of rotatable bonds is 10. The molecule has 0 aliphatic heterocycles. The van der Waals surface area contributed by atoms with Crippen molar-refractivity contribution in [2.75, 3.05) is 26.2 Å². The van der Waals surface area contributed by atoms with Crippen LogP contribution in [-0.4, -0.2) is 34.8 Å². The minimum Gasteiger partial charge on any atom is -0.199 e. The first-order valence-electron chi connectivity index (χ1n) is 5.20. The summed E-state index contributed by atoms with van der Waals surface area (Å²) >= 11 is -4.03. The second-order valence-electron chi connectivity index (χ2n) is 3.26. The molecule has 0 aromatic rings. The van der Waals surface area contributed by atoms with Gasteiger partial charge < -0.3 is 0 Å². The van der Waals surface area contributed by atoms with Crippen LogP contribution in [0, 0.1) is 0 Å². The summed E-state index contributed by atoms with van der Waals surface area (Å²) in [7, 11) is 0. The van der Waals surface area contributed by atoms with Crippen LogP contribution in [0.15, 0.2) is 50.6 Å². The zero-order chi connectivity index (χ0) is 13.3. The first-order chi connectivity index (χ1) is 8.04. The van der Waals surface area contributed by atoms with E-state index in [-0.39, 0.29) is 26.2 Å². The normalized spacial score (nSPS) is 12.5. The Labute approximate surface area is 105 Å². The molecule has 0 N–H and O–H groups in total. The van der Waals surface area contributed by atoms with E-state index in [0.29, 0.717) is 0 Å². The van der Waals surface area contributed by atoms with Crippen molar-refractivity contribution in [1.29, 1.82) is 0 Å². The van der Waals surface area contributed by atoms with E-state index in [0.717, 1.165) is 8.61 Å². The summed E-state index contributed by atoms with van der Waals surface area (Å²) in [4.78, 5) is 0. The molecule has 0 amide bonds. The number of hydrogen-bond donors (Lipinski definition) is 0. The van der Waals surface area contributed by atoms with Crippen molar-refractivity contribution < 1.29 is 7.77 Å². The van der Waals surface area contributed by atoms with Crippen molar-refractivity contribution >= 4 is 11.2 Å².